The Bertz CT molecular complexity index is 621. The highest BCUT2D eigenvalue weighted by atomic mass is 16.6. The number of nitro benzene ring substituents is 1. The van der Waals surface area contributed by atoms with Crippen LogP contribution < -0.4 is 20.5 Å². The third-order valence-electron chi connectivity index (χ3n) is 3.27. The number of carboxylic acids is 1. The number of nitrogens with zero attached hydrogens (tertiary/aromatic N) is 1. The van der Waals surface area contributed by atoms with Crippen LogP contribution in [0.2, 0.25) is 0 Å². The number of nitrogens with two attached hydrogens (primary N) is 1. The fourth-order valence-corrected chi connectivity index (χ4v) is 2.10. The summed E-state index contributed by atoms with van der Waals surface area (Å²) in [6, 6.07) is 2.83. The Kier molecular flexibility index (Phi) is 8.30. The van der Waals surface area contributed by atoms with Crippen LogP contribution in [-0.2, 0) is 9.59 Å². The first kappa shape index (κ1) is 20.3. The molecular weight excluding hydrogens is 334 g/mol. The van der Waals surface area contributed by atoms with Crippen molar-refractivity contribution in [2.24, 2.45) is 0 Å². The van der Waals surface area contributed by atoms with Crippen LogP contribution in [0.1, 0.15) is 19.8 Å². The van der Waals surface area contributed by atoms with E-state index in [1.54, 1.807) is 6.92 Å². The minimum absolute atomic E-state index is 0.0501. The van der Waals surface area contributed by atoms with Crippen molar-refractivity contribution in [2.75, 3.05) is 25.1 Å². The molecule has 1 amide bonds. The van der Waals surface area contributed by atoms with Crippen molar-refractivity contribution < 1.29 is 34.8 Å². The van der Waals surface area contributed by atoms with E-state index in [1.807, 2.05) is 0 Å². The molecule has 0 unspecified atom stereocenters. The molecule has 0 spiro atoms. The number of anilines is 1. The largest absolute Gasteiger partial charge is 0.544 e. The third-order valence-corrected chi connectivity index (χ3v) is 3.27. The second kappa shape index (κ2) is 10.2. The van der Waals surface area contributed by atoms with Gasteiger partial charge >= 0.3 is 0 Å². The number of nitrogens with one attached hydrogen (secondary N) is 1. The molecule has 1 aromatic carbocycles. The maximum Gasteiger partial charge on any atom is 0.296 e. The van der Waals surface area contributed by atoms with Gasteiger partial charge in [0.25, 0.3) is 5.69 Å². The van der Waals surface area contributed by atoms with Crippen LogP contribution >= 0.6 is 0 Å². The van der Waals surface area contributed by atoms with Gasteiger partial charge in [-0.15, -0.1) is 0 Å². The molecule has 0 fully saturated rings. The Labute approximate surface area is 143 Å². The van der Waals surface area contributed by atoms with Crippen LogP contribution in [0.3, 0.4) is 0 Å². The lowest BCUT2D eigenvalue weighted by molar-refractivity contribution is -0.682. The van der Waals surface area contributed by atoms with E-state index in [-0.39, 0.29) is 23.7 Å². The zero-order chi connectivity index (χ0) is 18.8. The molecule has 0 radical (unpaired) electrons. The van der Waals surface area contributed by atoms with E-state index in [4.69, 9.17) is 9.84 Å². The molecule has 1 atom stereocenters. The van der Waals surface area contributed by atoms with Crippen LogP contribution in [0.25, 0.3) is 0 Å². The minimum Gasteiger partial charge on any atom is -0.544 e. The second-order valence-corrected chi connectivity index (χ2v) is 5.15. The van der Waals surface area contributed by atoms with Crippen molar-refractivity contribution in [3.8, 4) is 5.75 Å². The van der Waals surface area contributed by atoms with Crippen LogP contribution in [0.15, 0.2) is 18.2 Å². The number of aliphatic hydroxyl groups is 1. The summed E-state index contributed by atoms with van der Waals surface area (Å²) in [5.74, 6) is -1.83. The van der Waals surface area contributed by atoms with E-state index in [1.165, 1.54) is 23.5 Å². The number of hydrogen-bond donors (Lipinski definition) is 3. The van der Waals surface area contributed by atoms with Crippen LogP contribution in [0.5, 0.6) is 5.75 Å². The number of carboxylic acid groups (broad SMARTS) is 1. The van der Waals surface area contributed by atoms with Crippen LogP contribution in [-0.4, -0.2) is 47.7 Å². The summed E-state index contributed by atoms with van der Waals surface area (Å²) < 4.78 is 5.18. The van der Waals surface area contributed by atoms with E-state index < -0.39 is 29.3 Å². The van der Waals surface area contributed by atoms with Gasteiger partial charge in [0.05, 0.1) is 36.5 Å². The Morgan fingerprint density at radius 2 is 2.16 bits per heavy atom. The molecule has 4 N–H and O–H groups in total. The number of quaternary nitrogens is 1. The Balaban J connectivity index is 2.80. The number of carbonyl (C=O) groups excluding carboxylic acids is 2. The monoisotopic (exact) mass is 355 g/mol. The highest BCUT2D eigenvalue weighted by Crippen LogP contribution is 2.29. The summed E-state index contributed by atoms with van der Waals surface area (Å²) >= 11 is 0. The number of carbonyl (C=O) groups is 2. The molecule has 10 heteroatoms. The molecular formula is C15H21N3O7. The molecule has 0 heterocycles. The van der Waals surface area contributed by atoms with Gasteiger partial charge < -0.3 is 30.4 Å². The zero-order valence-corrected chi connectivity index (χ0v) is 13.8. The number of rotatable bonds is 11. The fourth-order valence-electron chi connectivity index (χ4n) is 2.10. The van der Waals surface area contributed by atoms with Gasteiger partial charge in [-0.05, 0) is 19.1 Å². The average Bonchev–Trinajstić information content (AvgIpc) is 2.55. The summed E-state index contributed by atoms with van der Waals surface area (Å²) in [7, 11) is 0. The van der Waals surface area contributed by atoms with Crippen molar-refractivity contribution in [1.29, 1.82) is 0 Å². The van der Waals surface area contributed by atoms with E-state index in [2.05, 4.69) is 5.32 Å². The number of hydrogen-bond acceptors (Lipinski definition) is 7. The minimum atomic E-state index is -1.42. The van der Waals surface area contributed by atoms with Gasteiger partial charge in [0.1, 0.15) is 17.5 Å². The maximum atomic E-state index is 12.0. The summed E-state index contributed by atoms with van der Waals surface area (Å²) in [6.45, 7) is 2.28. The molecule has 1 aromatic rings. The number of aliphatic hydroxyl groups excluding tert-OH is 1. The predicted octanol–water partition coefficient (Wildman–Crippen LogP) is -1.61. The SMILES string of the molecule is CCOc1ccc(NC(=O)C[C@@H]([NH2+]CCCO)C(=O)[O-])c([N+](=O)[O-])c1. The summed E-state index contributed by atoms with van der Waals surface area (Å²) in [5.41, 5.74) is -0.403. The Hall–Kier alpha value is -2.72. The smallest absolute Gasteiger partial charge is 0.296 e. The topological polar surface area (TPSA) is 158 Å². The molecule has 0 saturated carbocycles. The standard InChI is InChI=1S/C15H21N3O7/c1-2-25-10-4-5-11(13(8-10)18(23)24)17-14(20)9-12(15(21)22)16-6-3-7-19/h4-5,8,12,16,19H,2-3,6-7,9H2,1H3,(H,17,20)(H,21,22)/t12-/m1/s1. The number of ether oxygens (including phenoxy) is 1. The number of aliphatic carboxylic acids is 1. The van der Waals surface area contributed by atoms with Crippen LogP contribution in [0, 0.1) is 10.1 Å². The van der Waals surface area contributed by atoms with Gasteiger partial charge in [0.2, 0.25) is 5.91 Å². The van der Waals surface area contributed by atoms with Gasteiger partial charge in [-0.3, -0.25) is 14.9 Å². The molecule has 0 bridgehead atoms. The first-order chi connectivity index (χ1) is 11.9. The zero-order valence-electron chi connectivity index (χ0n) is 13.8. The van der Waals surface area contributed by atoms with Crippen molar-refractivity contribution in [3.05, 3.63) is 28.3 Å². The number of benzene rings is 1. The Morgan fingerprint density at radius 1 is 1.44 bits per heavy atom. The van der Waals surface area contributed by atoms with Gasteiger partial charge in [-0.2, -0.15) is 0 Å². The van der Waals surface area contributed by atoms with Crippen LogP contribution in [0.4, 0.5) is 11.4 Å². The van der Waals surface area contributed by atoms with Crippen molar-refractivity contribution in [2.45, 2.75) is 25.8 Å². The first-order valence-electron chi connectivity index (χ1n) is 7.75. The molecule has 0 saturated heterocycles. The molecule has 0 aliphatic heterocycles. The van der Waals surface area contributed by atoms with Gasteiger partial charge in [-0.1, -0.05) is 0 Å². The Morgan fingerprint density at radius 3 is 2.72 bits per heavy atom. The summed E-state index contributed by atoms with van der Waals surface area (Å²) in [5, 5.41) is 34.6. The molecule has 25 heavy (non-hydrogen) atoms. The predicted molar refractivity (Wildman–Crippen MR) is 84.8 cm³/mol. The lowest BCUT2D eigenvalue weighted by atomic mass is 10.1. The van der Waals surface area contributed by atoms with Gasteiger partial charge in [-0.25, -0.2) is 0 Å². The third kappa shape index (κ3) is 6.73. The van der Waals surface area contributed by atoms with E-state index in [0.717, 1.165) is 0 Å². The first-order valence-corrected chi connectivity index (χ1v) is 7.75. The summed E-state index contributed by atoms with van der Waals surface area (Å²) in [6.07, 6.45) is -0.0477. The maximum absolute atomic E-state index is 12.0. The quantitative estimate of drug-likeness (QED) is 0.244. The molecule has 138 valence electrons. The van der Waals surface area contributed by atoms with Crippen molar-refractivity contribution >= 4 is 23.3 Å². The van der Waals surface area contributed by atoms with Crippen molar-refractivity contribution in [3.63, 3.8) is 0 Å². The number of nitro groups is 1. The lowest BCUT2D eigenvalue weighted by Crippen LogP contribution is -2.93. The molecule has 0 aliphatic carbocycles. The number of amides is 1. The molecule has 0 aliphatic rings. The van der Waals surface area contributed by atoms with E-state index >= 15 is 0 Å². The second-order valence-electron chi connectivity index (χ2n) is 5.15. The molecule has 1 rings (SSSR count). The molecule has 10 nitrogen and oxygen atoms in total. The lowest BCUT2D eigenvalue weighted by Gasteiger charge is -2.16. The highest BCUT2D eigenvalue weighted by Gasteiger charge is 2.21. The average molecular weight is 355 g/mol. The van der Waals surface area contributed by atoms with Gasteiger partial charge in [0, 0.05) is 13.0 Å². The highest BCUT2D eigenvalue weighted by molar-refractivity contribution is 5.95. The van der Waals surface area contributed by atoms with Gasteiger partial charge in [0.15, 0.2) is 0 Å². The van der Waals surface area contributed by atoms with E-state index in [9.17, 15) is 24.8 Å². The summed E-state index contributed by atoms with van der Waals surface area (Å²) in [4.78, 5) is 33.5. The normalized spacial score (nSPS) is 11.6. The fraction of sp³-hybridized carbons (Fsp3) is 0.467. The van der Waals surface area contributed by atoms with E-state index in [0.29, 0.717) is 19.6 Å². The molecule has 0 aromatic heterocycles. The van der Waals surface area contributed by atoms with Crippen molar-refractivity contribution in [1.82, 2.24) is 0 Å².